The molecule has 5 atom stereocenters. The molecule has 0 radical (unpaired) electrons. The second-order valence-electron chi connectivity index (χ2n) is 9.55. The number of hydrogen-bond donors (Lipinski definition) is 1. The predicted molar refractivity (Wildman–Crippen MR) is 117 cm³/mol. The summed E-state index contributed by atoms with van der Waals surface area (Å²) in [7, 11) is 1.57. The molecule has 1 N–H and O–H groups in total. The molecule has 1 aromatic rings. The molecular formula is C25H34O6. The highest BCUT2D eigenvalue weighted by atomic mass is 16.6. The van der Waals surface area contributed by atoms with Gasteiger partial charge in [0.15, 0.2) is 0 Å². The van der Waals surface area contributed by atoms with E-state index in [1.165, 1.54) is 6.92 Å². The van der Waals surface area contributed by atoms with E-state index in [4.69, 9.17) is 14.2 Å². The molecule has 1 fully saturated rings. The Bertz CT molecular complexity index is 857. The van der Waals surface area contributed by atoms with Crippen LogP contribution in [0.15, 0.2) is 35.9 Å². The number of aliphatic hydroxyl groups is 1. The van der Waals surface area contributed by atoms with Gasteiger partial charge in [0, 0.05) is 24.7 Å². The van der Waals surface area contributed by atoms with Crippen molar-refractivity contribution in [3.63, 3.8) is 0 Å². The Morgan fingerprint density at radius 3 is 2.32 bits per heavy atom. The Labute approximate surface area is 184 Å². The van der Waals surface area contributed by atoms with E-state index in [0.29, 0.717) is 30.6 Å². The molecule has 0 saturated heterocycles. The van der Waals surface area contributed by atoms with Gasteiger partial charge in [-0.3, -0.25) is 4.79 Å². The Balaban J connectivity index is 1.98. The van der Waals surface area contributed by atoms with Crippen LogP contribution < -0.4 is 4.74 Å². The lowest BCUT2D eigenvalue weighted by Gasteiger charge is -2.45. The number of carbonyl (C=O) groups excluding carboxylic acids is 2. The van der Waals surface area contributed by atoms with Crippen molar-refractivity contribution in [2.24, 2.45) is 17.3 Å². The van der Waals surface area contributed by atoms with Gasteiger partial charge in [-0.2, -0.15) is 0 Å². The number of hydrogen-bond acceptors (Lipinski definition) is 6. The minimum absolute atomic E-state index is 0.0436. The largest absolute Gasteiger partial charge is 0.497 e. The molecule has 0 heterocycles. The molecule has 1 unspecified atom stereocenters. The fourth-order valence-electron chi connectivity index (χ4n) is 5.41. The van der Waals surface area contributed by atoms with E-state index in [9.17, 15) is 14.7 Å². The number of methoxy groups -OCH3 is 1. The molecule has 1 aromatic carbocycles. The van der Waals surface area contributed by atoms with Crippen LogP contribution in [0, 0.1) is 17.3 Å². The molecule has 1 saturated carbocycles. The van der Waals surface area contributed by atoms with Crippen LogP contribution >= 0.6 is 0 Å². The van der Waals surface area contributed by atoms with E-state index >= 15 is 0 Å². The molecule has 3 rings (SSSR count). The van der Waals surface area contributed by atoms with Crippen LogP contribution in [0.3, 0.4) is 0 Å². The second-order valence-corrected chi connectivity index (χ2v) is 9.55. The maximum Gasteiger partial charge on any atom is 0.338 e. The van der Waals surface area contributed by atoms with Crippen molar-refractivity contribution in [3.8, 4) is 5.75 Å². The quantitative estimate of drug-likeness (QED) is 0.554. The van der Waals surface area contributed by atoms with Crippen molar-refractivity contribution in [1.29, 1.82) is 0 Å². The average molecular weight is 431 g/mol. The molecule has 31 heavy (non-hydrogen) atoms. The molecule has 6 heteroatoms. The summed E-state index contributed by atoms with van der Waals surface area (Å²) in [4.78, 5) is 24.9. The molecule has 0 aliphatic heterocycles. The summed E-state index contributed by atoms with van der Waals surface area (Å²) in [5, 5.41) is 11.7. The highest BCUT2D eigenvalue weighted by molar-refractivity contribution is 5.89. The maximum absolute atomic E-state index is 13.0. The zero-order chi connectivity index (χ0) is 23.0. The predicted octanol–water partition coefficient (Wildman–Crippen LogP) is 4.31. The van der Waals surface area contributed by atoms with Crippen LogP contribution in [0.25, 0.3) is 0 Å². The molecule has 0 aromatic heterocycles. The van der Waals surface area contributed by atoms with Gasteiger partial charge in [0.2, 0.25) is 0 Å². The smallest absolute Gasteiger partial charge is 0.338 e. The van der Waals surface area contributed by atoms with Gasteiger partial charge < -0.3 is 19.3 Å². The van der Waals surface area contributed by atoms with Gasteiger partial charge in [-0.1, -0.05) is 26.3 Å². The van der Waals surface area contributed by atoms with Crippen LogP contribution in [0.5, 0.6) is 5.75 Å². The van der Waals surface area contributed by atoms with Crippen LogP contribution in [0.2, 0.25) is 0 Å². The zero-order valence-electron chi connectivity index (χ0n) is 19.3. The maximum atomic E-state index is 13.0. The summed E-state index contributed by atoms with van der Waals surface area (Å²) < 4.78 is 16.9. The first-order valence-electron chi connectivity index (χ1n) is 10.9. The number of rotatable bonds is 5. The van der Waals surface area contributed by atoms with E-state index in [1.54, 1.807) is 31.4 Å². The molecule has 170 valence electrons. The normalized spacial score (nSPS) is 32.6. The zero-order valence-corrected chi connectivity index (χ0v) is 19.3. The van der Waals surface area contributed by atoms with Gasteiger partial charge in [-0.25, -0.2) is 4.79 Å². The van der Waals surface area contributed by atoms with Crippen LogP contribution in [-0.2, 0) is 14.3 Å². The highest BCUT2D eigenvalue weighted by Gasteiger charge is 2.63. The summed E-state index contributed by atoms with van der Waals surface area (Å²) in [5.41, 5.74) is -0.180. The third-order valence-corrected chi connectivity index (χ3v) is 7.17. The number of fused-ring (bicyclic) bond motifs is 1. The highest BCUT2D eigenvalue weighted by Crippen LogP contribution is 2.58. The number of benzene rings is 1. The van der Waals surface area contributed by atoms with Gasteiger partial charge in [0.25, 0.3) is 0 Å². The molecule has 0 spiro atoms. The molecule has 0 bridgehead atoms. The van der Waals surface area contributed by atoms with Crippen molar-refractivity contribution in [3.05, 3.63) is 41.5 Å². The summed E-state index contributed by atoms with van der Waals surface area (Å²) in [6.07, 6.45) is 2.66. The monoisotopic (exact) mass is 430 g/mol. The molecule has 6 nitrogen and oxygen atoms in total. The van der Waals surface area contributed by atoms with Gasteiger partial charge in [-0.15, -0.1) is 0 Å². The van der Waals surface area contributed by atoms with Crippen LogP contribution in [-0.4, -0.2) is 42.0 Å². The Morgan fingerprint density at radius 1 is 1.13 bits per heavy atom. The third kappa shape index (κ3) is 4.36. The first-order chi connectivity index (χ1) is 14.5. The first kappa shape index (κ1) is 23.3. The van der Waals surface area contributed by atoms with Gasteiger partial charge in [0.05, 0.1) is 18.3 Å². The van der Waals surface area contributed by atoms with Gasteiger partial charge >= 0.3 is 11.9 Å². The van der Waals surface area contributed by atoms with Crippen molar-refractivity contribution in [1.82, 2.24) is 0 Å². The van der Waals surface area contributed by atoms with E-state index in [-0.39, 0.29) is 17.8 Å². The van der Waals surface area contributed by atoms with Crippen molar-refractivity contribution < 1.29 is 28.9 Å². The molecule has 2 aliphatic carbocycles. The van der Waals surface area contributed by atoms with Crippen molar-refractivity contribution in [2.75, 3.05) is 7.11 Å². The van der Waals surface area contributed by atoms with Crippen LogP contribution in [0.4, 0.5) is 0 Å². The van der Waals surface area contributed by atoms with Crippen molar-refractivity contribution in [2.45, 2.75) is 71.7 Å². The van der Waals surface area contributed by atoms with E-state index in [2.05, 4.69) is 0 Å². The minimum Gasteiger partial charge on any atom is -0.497 e. The fourth-order valence-corrected chi connectivity index (χ4v) is 5.41. The second kappa shape index (κ2) is 8.65. The minimum atomic E-state index is -1.03. The fraction of sp³-hybridized carbons (Fsp3) is 0.600. The van der Waals surface area contributed by atoms with Crippen LogP contribution in [0.1, 0.15) is 64.2 Å². The summed E-state index contributed by atoms with van der Waals surface area (Å²) >= 11 is 0. The molecule has 0 amide bonds. The van der Waals surface area contributed by atoms with E-state index in [1.807, 2.05) is 33.8 Å². The Morgan fingerprint density at radius 2 is 1.77 bits per heavy atom. The lowest BCUT2D eigenvalue weighted by Crippen LogP contribution is -2.53. The van der Waals surface area contributed by atoms with E-state index < -0.39 is 29.2 Å². The van der Waals surface area contributed by atoms with E-state index in [0.717, 1.165) is 5.57 Å². The Hall–Kier alpha value is -2.34. The van der Waals surface area contributed by atoms with Crippen molar-refractivity contribution >= 4 is 11.9 Å². The average Bonchev–Trinajstić information content (AvgIpc) is 2.94. The summed E-state index contributed by atoms with van der Waals surface area (Å²) in [6.45, 7) is 9.36. The summed E-state index contributed by atoms with van der Waals surface area (Å²) in [5.74, 6) is -0.556. The molecule has 2 aliphatic rings. The Kier molecular flexibility index (Phi) is 6.51. The standard InChI is InChI=1S/C25H34O6/c1-15(2)25(28)12-11-24(5)21(30-17(4)26)14-16(3)13-20(22(24)25)31-23(27)18-7-9-19(29-6)10-8-18/h7-10,14-15,20-22,28H,11-13H2,1-6H3/t20-,21-,22?,24+,25+/m0/s1. The van der Waals surface area contributed by atoms with Gasteiger partial charge in [0.1, 0.15) is 18.0 Å². The first-order valence-corrected chi connectivity index (χ1v) is 10.9. The third-order valence-electron chi connectivity index (χ3n) is 7.17. The lowest BCUT2D eigenvalue weighted by molar-refractivity contribution is -0.161. The number of carbonyl (C=O) groups is 2. The number of ether oxygens (including phenoxy) is 3. The number of esters is 2. The summed E-state index contributed by atoms with van der Waals surface area (Å²) in [6, 6.07) is 6.78. The SMILES string of the molecule is COc1ccc(C(=O)O[C@H]2CC(C)=C[C@H](OC(C)=O)[C@@]3(C)CC[C@@](O)(C(C)C)C23)cc1. The van der Waals surface area contributed by atoms with Gasteiger partial charge in [-0.05, 0) is 56.0 Å². The topological polar surface area (TPSA) is 82.1 Å². The molecular weight excluding hydrogens is 396 g/mol. The lowest BCUT2D eigenvalue weighted by atomic mass is 9.66.